The quantitative estimate of drug-likeness (QED) is 0.784. The lowest BCUT2D eigenvalue weighted by molar-refractivity contribution is -0.136. The Morgan fingerprint density at radius 3 is 2.71 bits per heavy atom. The van der Waals surface area contributed by atoms with Crippen molar-refractivity contribution in [1.82, 2.24) is 9.78 Å². The third-order valence-corrected chi connectivity index (χ3v) is 2.78. The number of rotatable bonds is 5. The lowest BCUT2D eigenvalue weighted by Crippen LogP contribution is -2.19. The molecule has 0 radical (unpaired) electrons. The number of carbonyl (C=O) groups is 2. The summed E-state index contributed by atoms with van der Waals surface area (Å²) in [7, 11) is 1.76. The van der Waals surface area contributed by atoms with Gasteiger partial charge in [-0.2, -0.15) is 5.10 Å². The van der Waals surface area contributed by atoms with E-state index in [0.717, 1.165) is 5.56 Å². The van der Waals surface area contributed by atoms with Crippen LogP contribution in [0.2, 0.25) is 0 Å². The number of anilines is 2. The van der Waals surface area contributed by atoms with Crippen molar-refractivity contribution in [3.8, 4) is 0 Å². The number of nitrogens with zero attached hydrogens (tertiary/aromatic N) is 2. The van der Waals surface area contributed by atoms with Gasteiger partial charge in [-0.3, -0.25) is 9.48 Å². The molecule has 0 unspecified atom stereocenters. The minimum atomic E-state index is -0.845. The minimum absolute atomic E-state index is 0.0608. The van der Waals surface area contributed by atoms with Crippen LogP contribution in [0.25, 0.3) is 0 Å². The van der Waals surface area contributed by atoms with Crippen LogP contribution in [0, 0.1) is 0 Å². The van der Waals surface area contributed by atoms with E-state index in [2.05, 4.69) is 15.7 Å². The van der Waals surface area contributed by atoms with E-state index in [1.807, 2.05) is 6.07 Å². The SMILES string of the molecule is Cn1cc(NC(=O)Nc2cccc(CCC(=O)O)c2)cn1. The molecule has 0 bridgehead atoms. The van der Waals surface area contributed by atoms with E-state index < -0.39 is 5.97 Å². The molecule has 1 aromatic carbocycles. The predicted molar refractivity (Wildman–Crippen MR) is 78.2 cm³/mol. The van der Waals surface area contributed by atoms with Gasteiger partial charge in [0.15, 0.2) is 0 Å². The Kier molecular flexibility index (Phi) is 4.55. The van der Waals surface area contributed by atoms with Gasteiger partial charge in [0.1, 0.15) is 0 Å². The van der Waals surface area contributed by atoms with Crippen molar-refractivity contribution in [2.24, 2.45) is 7.05 Å². The highest BCUT2D eigenvalue weighted by Crippen LogP contribution is 2.13. The van der Waals surface area contributed by atoms with Gasteiger partial charge in [-0.25, -0.2) is 4.79 Å². The second-order valence-corrected chi connectivity index (χ2v) is 4.58. The summed E-state index contributed by atoms with van der Waals surface area (Å²) in [5.74, 6) is -0.845. The number of aryl methyl sites for hydroxylation is 2. The van der Waals surface area contributed by atoms with E-state index in [9.17, 15) is 9.59 Å². The first-order valence-electron chi connectivity index (χ1n) is 6.40. The first-order valence-corrected chi connectivity index (χ1v) is 6.40. The van der Waals surface area contributed by atoms with Gasteiger partial charge in [0.05, 0.1) is 11.9 Å². The molecule has 2 aromatic rings. The highest BCUT2D eigenvalue weighted by molar-refractivity contribution is 5.99. The van der Waals surface area contributed by atoms with Crippen molar-refractivity contribution >= 4 is 23.4 Å². The van der Waals surface area contributed by atoms with E-state index >= 15 is 0 Å². The van der Waals surface area contributed by atoms with Crippen LogP contribution in [-0.4, -0.2) is 26.9 Å². The number of urea groups is 1. The molecular weight excluding hydrogens is 272 g/mol. The summed E-state index contributed by atoms with van der Waals surface area (Å²) >= 11 is 0. The van der Waals surface area contributed by atoms with Crippen LogP contribution in [0.1, 0.15) is 12.0 Å². The summed E-state index contributed by atoms with van der Waals surface area (Å²) in [5, 5.41) is 18.0. The molecule has 2 amide bonds. The highest BCUT2D eigenvalue weighted by atomic mass is 16.4. The zero-order valence-corrected chi connectivity index (χ0v) is 11.5. The predicted octanol–water partition coefficient (Wildman–Crippen LogP) is 2.08. The first-order chi connectivity index (χ1) is 10.0. The molecule has 0 saturated carbocycles. The summed E-state index contributed by atoms with van der Waals surface area (Å²) in [6.45, 7) is 0. The van der Waals surface area contributed by atoms with Crippen molar-refractivity contribution < 1.29 is 14.7 Å². The second-order valence-electron chi connectivity index (χ2n) is 4.58. The molecule has 0 saturated heterocycles. The molecule has 0 atom stereocenters. The number of nitrogens with one attached hydrogen (secondary N) is 2. The third-order valence-electron chi connectivity index (χ3n) is 2.78. The highest BCUT2D eigenvalue weighted by Gasteiger charge is 2.05. The number of carboxylic acids is 1. The monoisotopic (exact) mass is 288 g/mol. The lowest BCUT2D eigenvalue weighted by atomic mass is 10.1. The van der Waals surface area contributed by atoms with Crippen molar-refractivity contribution in [2.75, 3.05) is 10.6 Å². The van der Waals surface area contributed by atoms with Crippen LogP contribution < -0.4 is 10.6 Å². The molecule has 21 heavy (non-hydrogen) atoms. The van der Waals surface area contributed by atoms with Crippen LogP contribution in [-0.2, 0) is 18.3 Å². The fraction of sp³-hybridized carbons (Fsp3) is 0.214. The average molecular weight is 288 g/mol. The molecule has 1 aromatic heterocycles. The average Bonchev–Trinajstić information content (AvgIpc) is 2.82. The Balaban J connectivity index is 1.94. The van der Waals surface area contributed by atoms with E-state index in [1.54, 1.807) is 42.3 Å². The normalized spacial score (nSPS) is 10.1. The molecule has 1 heterocycles. The maximum absolute atomic E-state index is 11.8. The van der Waals surface area contributed by atoms with Gasteiger partial charge in [-0.05, 0) is 24.1 Å². The van der Waals surface area contributed by atoms with Gasteiger partial charge in [0, 0.05) is 25.4 Å². The number of aliphatic carboxylic acids is 1. The molecule has 2 rings (SSSR count). The standard InChI is InChI=1S/C14H16N4O3/c1-18-9-12(8-15-18)17-14(21)16-11-4-2-3-10(7-11)5-6-13(19)20/h2-4,7-9H,5-6H2,1H3,(H,19,20)(H2,16,17,21). The number of amides is 2. The zero-order chi connectivity index (χ0) is 15.2. The van der Waals surface area contributed by atoms with Gasteiger partial charge in [0.2, 0.25) is 0 Å². The van der Waals surface area contributed by atoms with E-state index in [-0.39, 0.29) is 12.5 Å². The second kappa shape index (κ2) is 6.56. The number of hydrogen-bond donors (Lipinski definition) is 3. The molecule has 0 aliphatic heterocycles. The van der Waals surface area contributed by atoms with Gasteiger partial charge in [0.25, 0.3) is 0 Å². The molecule has 110 valence electrons. The third kappa shape index (κ3) is 4.64. The van der Waals surface area contributed by atoms with Crippen LogP contribution in [0.15, 0.2) is 36.7 Å². The Bertz CT molecular complexity index is 651. The number of carbonyl (C=O) groups excluding carboxylic acids is 1. The topological polar surface area (TPSA) is 96.2 Å². The largest absolute Gasteiger partial charge is 0.481 e. The Morgan fingerprint density at radius 1 is 1.29 bits per heavy atom. The first kappa shape index (κ1) is 14.6. The van der Waals surface area contributed by atoms with Crippen molar-refractivity contribution in [2.45, 2.75) is 12.8 Å². The Labute approximate surface area is 121 Å². The Morgan fingerprint density at radius 2 is 2.05 bits per heavy atom. The smallest absolute Gasteiger partial charge is 0.323 e. The maximum atomic E-state index is 11.8. The van der Waals surface area contributed by atoms with Crippen LogP contribution in [0.4, 0.5) is 16.2 Å². The molecule has 0 aliphatic carbocycles. The molecule has 3 N–H and O–H groups in total. The Hall–Kier alpha value is -2.83. The number of benzene rings is 1. The number of hydrogen-bond acceptors (Lipinski definition) is 3. The van der Waals surface area contributed by atoms with Crippen molar-refractivity contribution in [1.29, 1.82) is 0 Å². The summed E-state index contributed by atoms with van der Waals surface area (Å²) in [5.41, 5.74) is 2.06. The summed E-state index contributed by atoms with van der Waals surface area (Å²) in [6, 6.07) is 6.72. The van der Waals surface area contributed by atoms with E-state index in [1.165, 1.54) is 0 Å². The molecule has 0 fully saturated rings. The molecular formula is C14H16N4O3. The molecule has 7 nitrogen and oxygen atoms in total. The number of carboxylic acid groups (broad SMARTS) is 1. The number of aromatic nitrogens is 2. The van der Waals surface area contributed by atoms with Gasteiger partial charge < -0.3 is 15.7 Å². The maximum Gasteiger partial charge on any atom is 0.323 e. The van der Waals surface area contributed by atoms with Crippen LogP contribution in [0.5, 0.6) is 0 Å². The van der Waals surface area contributed by atoms with Crippen molar-refractivity contribution in [3.05, 3.63) is 42.2 Å². The molecule has 0 aliphatic rings. The summed E-state index contributed by atoms with van der Waals surface area (Å²) < 4.78 is 1.59. The van der Waals surface area contributed by atoms with Gasteiger partial charge >= 0.3 is 12.0 Å². The molecule has 0 spiro atoms. The van der Waals surface area contributed by atoms with Gasteiger partial charge in [-0.1, -0.05) is 12.1 Å². The summed E-state index contributed by atoms with van der Waals surface area (Å²) in [6.07, 6.45) is 3.71. The van der Waals surface area contributed by atoms with Crippen molar-refractivity contribution in [3.63, 3.8) is 0 Å². The fourth-order valence-corrected chi connectivity index (χ4v) is 1.84. The summed E-state index contributed by atoms with van der Waals surface area (Å²) in [4.78, 5) is 22.4. The van der Waals surface area contributed by atoms with Crippen LogP contribution >= 0.6 is 0 Å². The molecule has 7 heteroatoms. The van der Waals surface area contributed by atoms with Crippen LogP contribution in [0.3, 0.4) is 0 Å². The lowest BCUT2D eigenvalue weighted by Gasteiger charge is -2.07. The van der Waals surface area contributed by atoms with E-state index in [0.29, 0.717) is 17.8 Å². The fourth-order valence-electron chi connectivity index (χ4n) is 1.84. The minimum Gasteiger partial charge on any atom is -0.481 e. The van der Waals surface area contributed by atoms with E-state index in [4.69, 9.17) is 5.11 Å². The van der Waals surface area contributed by atoms with Gasteiger partial charge in [-0.15, -0.1) is 0 Å². The zero-order valence-electron chi connectivity index (χ0n) is 11.5.